The molecular formula is C11H12N4O2. The van der Waals surface area contributed by atoms with Gasteiger partial charge >= 0.3 is 0 Å². The van der Waals surface area contributed by atoms with Gasteiger partial charge in [-0.1, -0.05) is 6.07 Å². The Morgan fingerprint density at radius 2 is 2.24 bits per heavy atom. The molecule has 0 amide bonds. The minimum absolute atomic E-state index is 0.0525. The van der Waals surface area contributed by atoms with Gasteiger partial charge in [-0.2, -0.15) is 0 Å². The van der Waals surface area contributed by atoms with Gasteiger partial charge in [-0.3, -0.25) is 4.79 Å². The summed E-state index contributed by atoms with van der Waals surface area (Å²) in [6.45, 7) is 1.60. The Bertz CT molecular complexity index is 592. The average molecular weight is 232 g/mol. The number of nitrogens with two attached hydrogens (primary N) is 1. The molecule has 2 aromatic rings. The van der Waals surface area contributed by atoms with Gasteiger partial charge in [-0.25, -0.2) is 14.5 Å². The van der Waals surface area contributed by atoms with Crippen molar-refractivity contribution < 1.29 is 5.11 Å². The number of nitrogens with zero attached hydrogens (tertiary/aromatic N) is 3. The lowest BCUT2D eigenvalue weighted by Crippen LogP contribution is -2.22. The third-order valence-electron chi connectivity index (χ3n) is 2.29. The molecule has 0 bridgehead atoms. The summed E-state index contributed by atoms with van der Waals surface area (Å²) < 4.78 is 1.24. The van der Waals surface area contributed by atoms with E-state index in [0.29, 0.717) is 11.5 Å². The van der Waals surface area contributed by atoms with Crippen molar-refractivity contribution in [2.75, 3.05) is 5.73 Å². The van der Waals surface area contributed by atoms with Crippen LogP contribution in [0.4, 0.5) is 5.69 Å². The van der Waals surface area contributed by atoms with E-state index in [2.05, 4.69) is 9.97 Å². The summed E-state index contributed by atoms with van der Waals surface area (Å²) in [5.74, 6) is 0.383. The van der Waals surface area contributed by atoms with Crippen LogP contribution in [0.25, 0.3) is 5.82 Å². The Morgan fingerprint density at radius 3 is 2.94 bits per heavy atom. The zero-order valence-electron chi connectivity index (χ0n) is 9.24. The van der Waals surface area contributed by atoms with Gasteiger partial charge in [0.2, 0.25) is 0 Å². The number of aliphatic hydroxyl groups is 1. The minimum atomic E-state index is -0.695. The van der Waals surface area contributed by atoms with E-state index in [4.69, 9.17) is 5.73 Å². The molecule has 0 fully saturated rings. The average Bonchev–Trinajstić information content (AvgIpc) is 2.33. The van der Waals surface area contributed by atoms with Crippen molar-refractivity contribution in [3.05, 3.63) is 46.8 Å². The van der Waals surface area contributed by atoms with Crippen LogP contribution >= 0.6 is 0 Å². The summed E-state index contributed by atoms with van der Waals surface area (Å²) in [7, 11) is 0. The fourth-order valence-electron chi connectivity index (χ4n) is 1.40. The van der Waals surface area contributed by atoms with Gasteiger partial charge in [0, 0.05) is 0 Å². The second kappa shape index (κ2) is 4.34. The van der Waals surface area contributed by atoms with Gasteiger partial charge in [0.1, 0.15) is 17.8 Å². The molecule has 0 saturated heterocycles. The maximum atomic E-state index is 11.7. The fourth-order valence-corrected chi connectivity index (χ4v) is 1.40. The Labute approximate surface area is 97.4 Å². The highest BCUT2D eigenvalue weighted by molar-refractivity contribution is 5.35. The summed E-state index contributed by atoms with van der Waals surface area (Å²) in [6, 6.07) is 5.04. The first-order valence-corrected chi connectivity index (χ1v) is 5.07. The normalized spacial score (nSPS) is 12.4. The van der Waals surface area contributed by atoms with Crippen molar-refractivity contribution in [2.24, 2.45) is 0 Å². The number of aliphatic hydroxyl groups excluding tert-OH is 1. The van der Waals surface area contributed by atoms with E-state index in [1.165, 1.54) is 17.1 Å². The molecule has 0 aromatic carbocycles. The number of hydrogen-bond donors (Lipinski definition) is 2. The molecule has 0 spiro atoms. The molecule has 1 atom stereocenters. The molecule has 0 aliphatic rings. The number of pyridine rings is 1. The third-order valence-corrected chi connectivity index (χ3v) is 2.29. The van der Waals surface area contributed by atoms with Crippen molar-refractivity contribution in [1.29, 1.82) is 0 Å². The smallest absolute Gasteiger partial charge is 0.282 e. The van der Waals surface area contributed by atoms with E-state index in [0.717, 1.165) is 0 Å². The quantitative estimate of drug-likeness (QED) is 0.774. The van der Waals surface area contributed by atoms with Crippen LogP contribution in [0.15, 0.2) is 35.5 Å². The fraction of sp³-hybridized carbons (Fsp3) is 0.182. The van der Waals surface area contributed by atoms with Crippen LogP contribution in [0.1, 0.15) is 18.7 Å². The molecule has 2 rings (SSSR count). The highest BCUT2D eigenvalue weighted by atomic mass is 16.3. The third kappa shape index (κ3) is 2.16. The summed E-state index contributed by atoms with van der Waals surface area (Å²) in [5.41, 5.74) is 5.64. The molecule has 1 unspecified atom stereocenters. The predicted molar refractivity (Wildman–Crippen MR) is 62.7 cm³/mol. The van der Waals surface area contributed by atoms with Crippen molar-refractivity contribution in [2.45, 2.75) is 13.0 Å². The summed E-state index contributed by atoms with van der Waals surface area (Å²) in [4.78, 5) is 19.7. The summed E-state index contributed by atoms with van der Waals surface area (Å²) in [5, 5.41) is 9.43. The van der Waals surface area contributed by atoms with Crippen LogP contribution in [-0.2, 0) is 0 Å². The second-order valence-corrected chi connectivity index (χ2v) is 3.62. The Morgan fingerprint density at radius 1 is 1.47 bits per heavy atom. The van der Waals surface area contributed by atoms with Gasteiger partial charge in [-0.15, -0.1) is 0 Å². The van der Waals surface area contributed by atoms with E-state index in [9.17, 15) is 9.90 Å². The van der Waals surface area contributed by atoms with Crippen molar-refractivity contribution in [3.8, 4) is 5.82 Å². The van der Waals surface area contributed by atoms with E-state index in [1.54, 1.807) is 25.1 Å². The molecule has 3 N–H and O–H groups in total. The zero-order chi connectivity index (χ0) is 12.4. The number of nitrogen functional groups attached to an aromatic ring is 1. The van der Waals surface area contributed by atoms with Crippen molar-refractivity contribution in [1.82, 2.24) is 14.5 Å². The molecule has 88 valence electrons. The lowest BCUT2D eigenvalue weighted by atomic mass is 10.2. The molecular weight excluding hydrogens is 220 g/mol. The largest absolute Gasteiger partial charge is 0.393 e. The Kier molecular flexibility index (Phi) is 2.88. The maximum Gasteiger partial charge on any atom is 0.282 e. The zero-order valence-corrected chi connectivity index (χ0v) is 9.24. The molecule has 0 aliphatic heterocycles. The first kappa shape index (κ1) is 11.3. The summed E-state index contributed by atoms with van der Waals surface area (Å²) in [6.07, 6.45) is 1.93. The monoisotopic (exact) mass is 232 g/mol. The van der Waals surface area contributed by atoms with Gasteiger partial charge in [0.05, 0.1) is 18.0 Å². The van der Waals surface area contributed by atoms with Crippen LogP contribution < -0.4 is 11.3 Å². The SMILES string of the molecule is CC(O)c1cccc(-n2cncc(N)c2=O)n1. The van der Waals surface area contributed by atoms with Crippen LogP contribution in [0.5, 0.6) is 0 Å². The molecule has 6 heteroatoms. The molecule has 0 aliphatic carbocycles. The first-order valence-electron chi connectivity index (χ1n) is 5.07. The molecule has 17 heavy (non-hydrogen) atoms. The number of hydrogen-bond acceptors (Lipinski definition) is 5. The van der Waals surface area contributed by atoms with Crippen LogP contribution in [0.2, 0.25) is 0 Å². The van der Waals surface area contributed by atoms with Gasteiger partial charge < -0.3 is 10.8 Å². The van der Waals surface area contributed by atoms with Crippen molar-refractivity contribution in [3.63, 3.8) is 0 Å². The van der Waals surface area contributed by atoms with Gasteiger partial charge in [-0.05, 0) is 19.1 Å². The Hall–Kier alpha value is -2.21. The number of anilines is 1. The lowest BCUT2D eigenvalue weighted by Gasteiger charge is -2.08. The second-order valence-electron chi connectivity index (χ2n) is 3.62. The highest BCUT2D eigenvalue weighted by Crippen LogP contribution is 2.10. The molecule has 0 saturated carbocycles. The van der Waals surface area contributed by atoms with Crippen LogP contribution in [-0.4, -0.2) is 19.6 Å². The minimum Gasteiger partial charge on any atom is -0.393 e. The van der Waals surface area contributed by atoms with Crippen LogP contribution in [0.3, 0.4) is 0 Å². The van der Waals surface area contributed by atoms with E-state index < -0.39 is 6.10 Å². The molecule has 2 aromatic heterocycles. The predicted octanol–water partition coefficient (Wildman–Crippen LogP) is 0.263. The standard InChI is InChI=1S/C11H12N4O2/c1-7(16)9-3-2-4-10(14-9)15-6-13-5-8(12)11(15)17/h2-7,16H,12H2,1H3. The van der Waals surface area contributed by atoms with Gasteiger partial charge in [0.15, 0.2) is 0 Å². The van der Waals surface area contributed by atoms with Crippen molar-refractivity contribution >= 4 is 5.69 Å². The number of aromatic nitrogens is 3. The molecule has 0 radical (unpaired) electrons. The topological polar surface area (TPSA) is 94.0 Å². The Balaban J connectivity index is 2.57. The van der Waals surface area contributed by atoms with E-state index >= 15 is 0 Å². The highest BCUT2D eigenvalue weighted by Gasteiger charge is 2.07. The maximum absolute atomic E-state index is 11.7. The lowest BCUT2D eigenvalue weighted by molar-refractivity contribution is 0.194. The van der Waals surface area contributed by atoms with E-state index in [-0.39, 0.29) is 11.2 Å². The van der Waals surface area contributed by atoms with Gasteiger partial charge in [0.25, 0.3) is 5.56 Å². The number of rotatable bonds is 2. The molecule has 2 heterocycles. The van der Waals surface area contributed by atoms with E-state index in [1.807, 2.05) is 0 Å². The molecule has 6 nitrogen and oxygen atoms in total. The first-order chi connectivity index (χ1) is 8.09. The summed E-state index contributed by atoms with van der Waals surface area (Å²) >= 11 is 0. The van der Waals surface area contributed by atoms with Crippen LogP contribution in [0, 0.1) is 0 Å².